The molecule has 0 saturated heterocycles. The van der Waals surface area contributed by atoms with Gasteiger partial charge < -0.3 is 9.80 Å². The van der Waals surface area contributed by atoms with Crippen LogP contribution in [0.1, 0.15) is 26.3 Å². The highest BCUT2D eigenvalue weighted by molar-refractivity contribution is 5.88. The number of carbonyl (C=O) groups excluding carboxylic acids is 1. The quantitative estimate of drug-likeness (QED) is 0.760. The zero-order valence-electron chi connectivity index (χ0n) is 12.6. The van der Waals surface area contributed by atoms with Gasteiger partial charge in [-0.2, -0.15) is 0 Å². The Morgan fingerprint density at radius 3 is 2.16 bits per heavy atom. The van der Waals surface area contributed by atoms with Crippen LogP contribution in [0.5, 0.6) is 0 Å². The highest BCUT2D eigenvalue weighted by Crippen LogP contribution is 2.14. The summed E-state index contributed by atoms with van der Waals surface area (Å²) in [7, 11) is 4.04. The maximum Gasteiger partial charge on any atom is 0.246 e. The minimum atomic E-state index is 0.0826. The van der Waals surface area contributed by atoms with Crippen LogP contribution in [0.3, 0.4) is 0 Å². The summed E-state index contributed by atoms with van der Waals surface area (Å²) in [6.07, 6.45) is 1.69. The second kappa shape index (κ2) is 6.98. The second-order valence-electron chi connectivity index (χ2n) is 5.13. The molecule has 0 radical (unpaired) electrons. The molecule has 1 rings (SSSR count). The van der Waals surface area contributed by atoms with Crippen LogP contribution in [0.25, 0.3) is 0 Å². The van der Waals surface area contributed by atoms with Gasteiger partial charge >= 0.3 is 0 Å². The fourth-order valence-corrected chi connectivity index (χ4v) is 1.80. The summed E-state index contributed by atoms with van der Waals surface area (Å²) in [4.78, 5) is 15.9. The van der Waals surface area contributed by atoms with Gasteiger partial charge in [-0.05, 0) is 38.5 Å². The van der Waals surface area contributed by atoms with E-state index in [0.717, 1.165) is 17.7 Å². The van der Waals surface area contributed by atoms with Crippen molar-refractivity contribution < 1.29 is 4.79 Å². The third-order valence-electron chi connectivity index (χ3n) is 2.93. The van der Waals surface area contributed by atoms with E-state index in [1.165, 1.54) is 5.69 Å². The topological polar surface area (TPSA) is 23.6 Å². The SMILES string of the molecule is CCN(Cc1ccc(N(C)C)cc1)C(=O)C=C(C)C. The number of amides is 1. The lowest BCUT2D eigenvalue weighted by atomic mass is 10.2. The molecular formula is C16H24N2O. The van der Waals surface area contributed by atoms with E-state index >= 15 is 0 Å². The minimum Gasteiger partial charge on any atom is -0.378 e. The molecule has 0 bridgehead atoms. The first kappa shape index (κ1) is 15.3. The molecule has 0 saturated carbocycles. The lowest BCUT2D eigenvalue weighted by Gasteiger charge is -2.20. The number of anilines is 1. The number of hydrogen-bond acceptors (Lipinski definition) is 2. The van der Waals surface area contributed by atoms with Crippen molar-refractivity contribution in [2.45, 2.75) is 27.3 Å². The maximum absolute atomic E-state index is 12.0. The lowest BCUT2D eigenvalue weighted by molar-refractivity contribution is -0.126. The zero-order valence-corrected chi connectivity index (χ0v) is 12.6. The van der Waals surface area contributed by atoms with Crippen molar-refractivity contribution in [3.8, 4) is 0 Å². The van der Waals surface area contributed by atoms with Gasteiger partial charge in [0.25, 0.3) is 0 Å². The molecule has 0 aliphatic rings. The van der Waals surface area contributed by atoms with Gasteiger partial charge in [0.1, 0.15) is 0 Å². The fraction of sp³-hybridized carbons (Fsp3) is 0.438. The summed E-state index contributed by atoms with van der Waals surface area (Å²) in [5.41, 5.74) is 3.36. The van der Waals surface area contributed by atoms with Crippen LogP contribution in [0.4, 0.5) is 5.69 Å². The Labute approximate surface area is 116 Å². The average Bonchev–Trinajstić information content (AvgIpc) is 2.35. The van der Waals surface area contributed by atoms with E-state index in [2.05, 4.69) is 29.2 Å². The molecule has 1 amide bonds. The average molecular weight is 260 g/mol. The van der Waals surface area contributed by atoms with Crippen LogP contribution in [-0.2, 0) is 11.3 Å². The molecule has 19 heavy (non-hydrogen) atoms. The number of allylic oxidation sites excluding steroid dienone is 1. The van der Waals surface area contributed by atoms with Gasteiger partial charge in [0.15, 0.2) is 0 Å². The van der Waals surface area contributed by atoms with Crippen LogP contribution < -0.4 is 4.90 Å². The standard InChI is InChI=1S/C16H24N2O/c1-6-18(16(19)11-13(2)3)12-14-7-9-15(10-8-14)17(4)5/h7-11H,6,12H2,1-5H3. The molecule has 1 aromatic rings. The van der Waals surface area contributed by atoms with Gasteiger partial charge in [0.2, 0.25) is 5.91 Å². The predicted octanol–water partition coefficient (Wildman–Crippen LogP) is 3.07. The first-order valence-corrected chi connectivity index (χ1v) is 6.64. The van der Waals surface area contributed by atoms with E-state index in [1.54, 1.807) is 6.08 Å². The Kier molecular flexibility index (Phi) is 5.61. The zero-order chi connectivity index (χ0) is 14.4. The predicted molar refractivity (Wildman–Crippen MR) is 81.3 cm³/mol. The van der Waals surface area contributed by atoms with Crippen molar-refractivity contribution in [1.82, 2.24) is 4.90 Å². The molecule has 0 aliphatic heterocycles. The lowest BCUT2D eigenvalue weighted by Crippen LogP contribution is -2.28. The Morgan fingerprint density at radius 2 is 1.74 bits per heavy atom. The maximum atomic E-state index is 12.0. The molecule has 0 aliphatic carbocycles. The third kappa shape index (κ3) is 4.78. The van der Waals surface area contributed by atoms with Crippen molar-refractivity contribution in [1.29, 1.82) is 0 Å². The summed E-state index contributed by atoms with van der Waals surface area (Å²) in [5, 5.41) is 0. The van der Waals surface area contributed by atoms with Gasteiger partial charge in [-0.25, -0.2) is 0 Å². The molecule has 0 spiro atoms. The minimum absolute atomic E-state index is 0.0826. The van der Waals surface area contributed by atoms with E-state index in [4.69, 9.17) is 0 Å². The van der Waals surface area contributed by atoms with E-state index < -0.39 is 0 Å². The Bertz CT molecular complexity index is 442. The second-order valence-corrected chi connectivity index (χ2v) is 5.13. The highest BCUT2D eigenvalue weighted by Gasteiger charge is 2.09. The number of likely N-dealkylation sites (N-methyl/N-ethyl adjacent to an activating group) is 1. The highest BCUT2D eigenvalue weighted by atomic mass is 16.2. The molecule has 0 fully saturated rings. The van der Waals surface area contributed by atoms with Gasteiger partial charge in [-0.3, -0.25) is 4.79 Å². The number of hydrogen-bond donors (Lipinski definition) is 0. The molecule has 0 aromatic heterocycles. The van der Waals surface area contributed by atoms with Crippen LogP contribution >= 0.6 is 0 Å². The summed E-state index contributed by atoms with van der Waals surface area (Å²) >= 11 is 0. The van der Waals surface area contributed by atoms with Crippen LogP contribution in [0, 0.1) is 0 Å². The van der Waals surface area contributed by atoms with Crippen LogP contribution in [-0.4, -0.2) is 31.4 Å². The molecule has 3 heteroatoms. The van der Waals surface area contributed by atoms with Crippen molar-refractivity contribution in [2.75, 3.05) is 25.5 Å². The molecule has 3 nitrogen and oxygen atoms in total. The number of carbonyl (C=O) groups is 1. The van der Waals surface area contributed by atoms with E-state index in [9.17, 15) is 4.79 Å². The normalized spacial score (nSPS) is 9.95. The smallest absolute Gasteiger partial charge is 0.246 e. The van der Waals surface area contributed by atoms with Gasteiger partial charge in [0.05, 0.1) is 0 Å². The fourth-order valence-electron chi connectivity index (χ4n) is 1.80. The Balaban J connectivity index is 2.76. The first-order chi connectivity index (χ1) is 8.93. The van der Waals surface area contributed by atoms with E-state index in [-0.39, 0.29) is 5.91 Å². The molecule has 0 heterocycles. The number of rotatable bonds is 5. The van der Waals surface area contributed by atoms with E-state index in [0.29, 0.717) is 6.54 Å². The molecule has 104 valence electrons. The Morgan fingerprint density at radius 1 is 1.16 bits per heavy atom. The summed E-state index contributed by atoms with van der Waals surface area (Å²) in [5.74, 6) is 0.0826. The van der Waals surface area contributed by atoms with Gasteiger partial charge in [-0.15, -0.1) is 0 Å². The molecule has 0 N–H and O–H groups in total. The number of nitrogens with zero attached hydrogens (tertiary/aromatic N) is 2. The monoisotopic (exact) mass is 260 g/mol. The molecule has 1 aromatic carbocycles. The van der Waals surface area contributed by atoms with Crippen molar-refractivity contribution >= 4 is 11.6 Å². The van der Waals surface area contributed by atoms with Crippen LogP contribution in [0.15, 0.2) is 35.9 Å². The van der Waals surface area contributed by atoms with Crippen molar-refractivity contribution in [2.24, 2.45) is 0 Å². The summed E-state index contributed by atoms with van der Waals surface area (Å²) < 4.78 is 0. The van der Waals surface area contributed by atoms with Gasteiger partial charge in [0, 0.05) is 38.9 Å². The van der Waals surface area contributed by atoms with Gasteiger partial charge in [-0.1, -0.05) is 17.7 Å². The summed E-state index contributed by atoms with van der Waals surface area (Å²) in [6.45, 7) is 7.27. The number of benzene rings is 1. The third-order valence-corrected chi connectivity index (χ3v) is 2.93. The first-order valence-electron chi connectivity index (χ1n) is 6.64. The molecular weight excluding hydrogens is 236 g/mol. The largest absolute Gasteiger partial charge is 0.378 e. The molecule has 0 unspecified atom stereocenters. The Hall–Kier alpha value is -1.77. The molecule has 0 atom stereocenters. The summed E-state index contributed by atoms with van der Waals surface area (Å²) in [6, 6.07) is 8.31. The van der Waals surface area contributed by atoms with Crippen LogP contribution in [0.2, 0.25) is 0 Å². The van der Waals surface area contributed by atoms with Crippen molar-refractivity contribution in [3.63, 3.8) is 0 Å². The van der Waals surface area contributed by atoms with Crippen molar-refractivity contribution in [3.05, 3.63) is 41.5 Å². The van der Waals surface area contributed by atoms with E-state index in [1.807, 2.05) is 39.8 Å².